The molecule has 8 heteroatoms. The topological polar surface area (TPSA) is 72.6 Å². The van der Waals surface area contributed by atoms with E-state index in [1.54, 1.807) is 0 Å². The van der Waals surface area contributed by atoms with Crippen molar-refractivity contribution < 1.29 is 27.9 Å². The number of carboxylic acids is 1. The summed E-state index contributed by atoms with van der Waals surface area (Å²) in [5.74, 6) is -1.26. The maximum atomic E-state index is 12.5. The first-order valence-electron chi connectivity index (χ1n) is 6.45. The molecule has 1 saturated carbocycles. The fourth-order valence-corrected chi connectivity index (χ4v) is 2.49. The zero-order valence-corrected chi connectivity index (χ0v) is 11.8. The Morgan fingerprint density at radius 2 is 2.18 bits per heavy atom. The molecule has 0 amide bonds. The molecule has 0 aliphatic heterocycles. The first kappa shape index (κ1) is 14.8. The van der Waals surface area contributed by atoms with Gasteiger partial charge in [0.2, 0.25) is 0 Å². The normalized spacial score (nSPS) is 14.4. The van der Waals surface area contributed by atoms with Gasteiger partial charge in [-0.1, -0.05) is 22.8 Å². The summed E-state index contributed by atoms with van der Waals surface area (Å²) in [4.78, 5) is 11.5. The van der Waals surface area contributed by atoms with Crippen molar-refractivity contribution in [2.75, 3.05) is 0 Å². The Balaban J connectivity index is 2.17. The van der Waals surface area contributed by atoms with Crippen molar-refractivity contribution >= 4 is 17.6 Å². The number of aromatic nitrogens is 1. The Morgan fingerprint density at radius 3 is 2.77 bits per heavy atom. The van der Waals surface area contributed by atoms with E-state index in [0.29, 0.717) is 0 Å². The van der Waals surface area contributed by atoms with Crippen LogP contribution in [0.2, 0.25) is 5.02 Å². The largest absolute Gasteiger partial charge is 0.477 e. The van der Waals surface area contributed by atoms with Crippen LogP contribution in [-0.2, 0) is 0 Å². The van der Waals surface area contributed by atoms with Gasteiger partial charge in [0, 0.05) is 5.92 Å². The van der Waals surface area contributed by atoms with Crippen molar-refractivity contribution in [1.82, 2.24) is 5.16 Å². The summed E-state index contributed by atoms with van der Waals surface area (Å²) in [6.07, 6.45) is 1.61. The number of carbonyl (C=O) groups is 1. The van der Waals surface area contributed by atoms with Crippen LogP contribution in [0, 0.1) is 0 Å². The van der Waals surface area contributed by atoms with Gasteiger partial charge >= 0.3 is 12.6 Å². The molecular formula is C14H10ClF2NO4. The predicted octanol–water partition coefficient (Wildman–Crippen LogP) is 4.17. The number of nitrogens with zero attached hydrogens (tertiary/aromatic N) is 1. The lowest BCUT2D eigenvalue weighted by Crippen LogP contribution is -2.05. The lowest BCUT2D eigenvalue weighted by atomic mass is 10.0. The Labute approximate surface area is 128 Å². The number of hydrogen-bond acceptors (Lipinski definition) is 4. The Hall–Kier alpha value is -2.15. The van der Waals surface area contributed by atoms with Crippen molar-refractivity contribution in [3.05, 3.63) is 34.5 Å². The fourth-order valence-electron chi connectivity index (χ4n) is 2.23. The molecule has 0 atom stereocenters. The molecule has 116 valence electrons. The molecule has 0 spiro atoms. The van der Waals surface area contributed by atoms with Gasteiger partial charge in [-0.25, -0.2) is 4.79 Å². The molecule has 1 fully saturated rings. The molecule has 5 nitrogen and oxygen atoms in total. The highest BCUT2D eigenvalue weighted by molar-refractivity contribution is 6.33. The average molecular weight is 330 g/mol. The minimum absolute atomic E-state index is 0.00527. The van der Waals surface area contributed by atoms with Gasteiger partial charge in [0.05, 0.1) is 10.6 Å². The molecule has 3 rings (SSSR count). The van der Waals surface area contributed by atoms with Gasteiger partial charge in [-0.15, -0.1) is 0 Å². The van der Waals surface area contributed by atoms with Crippen LogP contribution in [0.4, 0.5) is 8.78 Å². The highest BCUT2D eigenvalue weighted by Gasteiger charge is 2.36. The number of carboxylic acid groups (broad SMARTS) is 1. The third kappa shape index (κ3) is 2.64. The highest BCUT2D eigenvalue weighted by Crippen LogP contribution is 2.46. The first-order chi connectivity index (χ1) is 10.5. The predicted molar refractivity (Wildman–Crippen MR) is 72.5 cm³/mol. The summed E-state index contributed by atoms with van der Waals surface area (Å²) >= 11 is 6.03. The third-order valence-electron chi connectivity index (χ3n) is 3.31. The molecule has 1 aliphatic rings. The summed E-state index contributed by atoms with van der Waals surface area (Å²) < 4.78 is 34.6. The summed E-state index contributed by atoms with van der Waals surface area (Å²) in [5.41, 5.74) is -0.275. The van der Waals surface area contributed by atoms with Gasteiger partial charge in [0.1, 0.15) is 17.0 Å². The molecule has 2 aromatic rings. The van der Waals surface area contributed by atoms with E-state index in [-0.39, 0.29) is 39.3 Å². The average Bonchev–Trinajstić information content (AvgIpc) is 3.18. The van der Waals surface area contributed by atoms with Crippen molar-refractivity contribution in [2.45, 2.75) is 25.4 Å². The maximum Gasteiger partial charge on any atom is 0.387 e. The van der Waals surface area contributed by atoms with Crippen LogP contribution in [-0.4, -0.2) is 22.8 Å². The van der Waals surface area contributed by atoms with Gasteiger partial charge in [-0.05, 0) is 25.0 Å². The molecule has 1 N–H and O–H groups in total. The van der Waals surface area contributed by atoms with E-state index in [1.165, 1.54) is 18.2 Å². The van der Waals surface area contributed by atoms with Gasteiger partial charge in [-0.2, -0.15) is 8.78 Å². The maximum absolute atomic E-state index is 12.5. The molecule has 0 saturated heterocycles. The van der Waals surface area contributed by atoms with E-state index in [9.17, 15) is 18.7 Å². The van der Waals surface area contributed by atoms with E-state index in [4.69, 9.17) is 16.1 Å². The van der Waals surface area contributed by atoms with E-state index in [0.717, 1.165) is 12.8 Å². The van der Waals surface area contributed by atoms with Crippen LogP contribution in [0.25, 0.3) is 11.3 Å². The molecule has 0 unspecified atom stereocenters. The first-order valence-corrected chi connectivity index (χ1v) is 6.83. The Bertz CT molecular complexity index is 728. The fraction of sp³-hybridized carbons (Fsp3) is 0.286. The lowest BCUT2D eigenvalue weighted by Gasteiger charge is -2.10. The number of hydrogen-bond donors (Lipinski definition) is 1. The SMILES string of the molecule is O=C(O)c1c(-c2c(Cl)cccc2OC(F)F)noc1C1CC1. The van der Waals surface area contributed by atoms with Gasteiger partial charge in [0.15, 0.2) is 5.76 Å². The van der Waals surface area contributed by atoms with Crippen LogP contribution in [0.15, 0.2) is 22.7 Å². The van der Waals surface area contributed by atoms with Gasteiger partial charge in [0.25, 0.3) is 0 Å². The number of benzene rings is 1. The number of rotatable bonds is 5. The quantitative estimate of drug-likeness (QED) is 0.891. The van der Waals surface area contributed by atoms with Crippen LogP contribution in [0.1, 0.15) is 34.9 Å². The molecule has 1 aromatic carbocycles. The minimum Gasteiger partial charge on any atom is -0.477 e. The Kier molecular flexibility index (Phi) is 3.74. The second kappa shape index (κ2) is 5.57. The summed E-state index contributed by atoms with van der Waals surface area (Å²) in [6.45, 7) is -3.07. The summed E-state index contributed by atoms with van der Waals surface area (Å²) in [7, 11) is 0. The molecule has 1 aromatic heterocycles. The van der Waals surface area contributed by atoms with Crippen molar-refractivity contribution in [3.63, 3.8) is 0 Å². The monoisotopic (exact) mass is 329 g/mol. The molecule has 22 heavy (non-hydrogen) atoms. The second-order valence-corrected chi connectivity index (χ2v) is 5.25. The van der Waals surface area contributed by atoms with Crippen LogP contribution in [0.5, 0.6) is 5.75 Å². The van der Waals surface area contributed by atoms with E-state index in [1.807, 2.05) is 0 Å². The minimum atomic E-state index is -3.07. The van der Waals surface area contributed by atoms with Gasteiger partial charge < -0.3 is 14.4 Å². The highest BCUT2D eigenvalue weighted by atomic mass is 35.5. The standard InChI is InChI=1S/C14H10ClF2NO4/c15-7-2-1-3-8(21-14(16)17)9(7)11-10(13(19)20)12(22-18-11)6-4-5-6/h1-3,6,14H,4-5H2,(H,19,20). The molecule has 1 heterocycles. The van der Waals surface area contributed by atoms with E-state index < -0.39 is 12.6 Å². The van der Waals surface area contributed by atoms with Gasteiger partial charge in [-0.3, -0.25) is 0 Å². The number of ether oxygens (including phenoxy) is 1. The van der Waals surface area contributed by atoms with E-state index >= 15 is 0 Å². The molecular weight excluding hydrogens is 320 g/mol. The van der Waals surface area contributed by atoms with Crippen LogP contribution in [0.3, 0.4) is 0 Å². The zero-order valence-electron chi connectivity index (χ0n) is 11.1. The van der Waals surface area contributed by atoms with Crippen LogP contribution >= 0.6 is 11.6 Å². The molecule has 1 aliphatic carbocycles. The number of aromatic carboxylic acids is 1. The van der Waals surface area contributed by atoms with Crippen LogP contribution < -0.4 is 4.74 Å². The van der Waals surface area contributed by atoms with Crippen molar-refractivity contribution in [3.8, 4) is 17.0 Å². The number of halogens is 3. The van der Waals surface area contributed by atoms with Crippen molar-refractivity contribution in [2.24, 2.45) is 0 Å². The molecule has 0 bridgehead atoms. The number of alkyl halides is 2. The van der Waals surface area contributed by atoms with E-state index in [2.05, 4.69) is 9.89 Å². The Morgan fingerprint density at radius 1 is 1.45 bits per heavy atom. The third-order valence-corrected chi connectivity index (χ3v) is 3.62. The second-order valence-electron chi connectivity index (χ2n) is 4.84. The molecule has 0 radical (unpaired) electrons. The summed E-state index contributed by atoms with van der Waals surface area (Å²) in [5, 5.41) is 13.2. The summed E-state index contributed by atoms with van der Waals surface area (Å²) in [6, 6.07) is 4.13. The van der Waals surface area contributed by atoms with Crippen molar-refractivity contribution in [1.29, 1.82) is 0 Å². The zero-order chi connectivity index (χ0) is 15.9. The smallest absolute Gasteiger partial charge is 0.387 e. The lowest BCUT2D eigenvalue weighted by molar-refractivity contribution is -0.0494.